The van der Waals surface area contributed by atoms with Crippen molar-refractivity contribution >= 4 is 17.2 Å². The van der Waals surface area contributed by atoms with E-state index in [0.29, 0.717) is 12.3 Å². The molecule has 0 radical (unpaired) electrons. The molecule has 100 valence electrons. The van der Waals surface area contributed by atoms with Crippen molar-refractivity contribution in [2.45, 2.75) is 25.8 Å². The van der Waals surface area contributed by atoms with Crippen LogP contribution in [0.2, 0.25) is 0 Å². The summed E-state index contributed by atoms with van der Waals surface area (Å²) in [7, 11) is 0. The monoisotopic (exact) mass is 257 g/mol. The Labute approximate surface area is 113 Å². The number of fused-ring (bicyclic) bond motifs is 1. The van der Waals surface area contributed by atoms with Gasteiger partial charge < -0.3 is 14.1 Å². The minimum atomic E-state index is 0.498. The highest BCUT2D eigenvalue weighted by atomic mass is 16.5. The summed E-state index contributed by atoms with van der Waals surface area (Å²) < 4.78 is 7.74. The molecule has 0 saturated carbocycles. The number of rotatable bonds is 4. The van der Waals surface area contributed by atoms with Crippen LogP contribution in [0.1, 0.15) is 18.5 Å². The van der Waals surface area contributed by atoms with E-state index in [9.17, 15) is 4.79 Å². The van der Waals surface area contributed by atoms with Gasteiger partial charge >= 0.3 is 0 Å². The zero-order valence-electron chi connectivity index (χ0n) is 11.0. The molecular weight excluding hydrogens is 238 g/mol. The fraction of sp³-hybridized carbons (Fsp3) is 0.438. The van der Waals surface area contributed by atoms with Crippen LogP contribution in [0, 0.1) is 5.92 Å². The molecule has 2 heterocycles. The molecule has 2 aromatic rings. The second-order valence-electron chi connectivity index (χ2n) is 5.23. The number of para-hydroxylation sites is 1. The van der Waals surface area contributed by atoms with Crippen LogP contribution in [0.4, 0.5) is 0 Å². The highest BCUT2D eigenvalue weighted by Gasteiger charge is 2.17. The molecule has 0 spiro atoms. The lowest BCUT2D eigenvalue weighted by Gasteiger charge is -2.23. The minimum absolute atomic E-state index is 0.498. The molecule has 0 aliphatic carbocycles. The van der Waals surface area contributed by atoms with Crippen molar-refractivity contribution in [2.24, 2.45) is 5.92 Å². The molecule has 0 N–H and O–H groups in total. The second-order valence-corrected chi connectivity index (χ2v) is 5.23. The van der Waals surface area contributed by atoms with Gasteiger partial charge in [-0.15, -0.1) is 0 Å². The first-order valence-electron chi connectivity index (χ1n) is 6.97. The van der Waals surface area contributed by atoms with Crippen molar-refractivity contribution in [2.75, 3.05) is 13.2 Å². The quantitative estimate of drug-likeness (QED) is 0.789. The van der Waals surface area contributed by atoms with E-state index in [-0.39, 0.29) is 0 Å². The number of aldehydes is 1. The third-order valence-electron chi connectivity index (χ3n) is 3.97. The summed E-state index contributed by atoms with van der Waals surface area (Å²) in [4.78, 5) is 10.9. The number of aromatic nitrogens is 1. The Hall–Kier alpha value is -1.61. The smallest absolute Gasteiger partial charge is 0.125 e. The average Bonchev–Trinajstić information content (AvgIpc) is 2.79. The molecule has 1 aliphatic heterocycles. The normalized spacial score (nSPS) is 16.8. The molecule has 0 bridgehead atoms. The maximum atomic E-state index is 10.9. The molecule has 0 amide bonds. The van der Waals surface area contributed by atoms with Crippen LogP contribution in [-0.2, 0) is 22.5 Å². The van der Waals surface area contributed by atoms with Gasteiger partial charge in [-0.25, -0.2) is 0 Å². The summed E-state index contributed by atoms with van der Waals surface area (Å²) >= 11 is 0. The number of ether oxygens (including phenoxy) is 1. The van der Waals surface area contributed by atoms with Crippen molar-refractivity contribution in [3.8, 4) is 0 Å². The van der Waals surface area contributed by atoms with Crippen LogP contribution >= 0.6 is 0 Å². The van der Waals surface area contributed by atoms with Crippen LogP contribution in [0.5, 0.6) is 0 Å². The molecule has 3 nitrogen and oxygen atoms in total. The van der Waals surface area contributed by atoms with Crippen LogP contribution in [0.3, 0.4) is 0 Å². The molecule has 1 aliphatic rings. The molecule has 3 heteroatoms. The Balaban J connectivity index is 1.94. The van der Waals surface area contributed by atoms with Crippen molar-refractivity contribution in [1.82, 2.24) is 4.57 Å². The van der Waals surface area contributed by atoms with Crippen LogP contribution < -0.4 is 0 Å². The van der Waals surface area contributed by atoms with Crippen LogP contribution in [0.15, 0.2) is 30.3 Å². The predicted molar refractivity (Wildman–Crippen MR) is 75.2 cm³/mol. The third-order valence-corrected chi connectivity index (χ3v) is 3.97. The minimum Gasteiger partial charge on any atom is -0.381 e. The Morgan fingerprint density at radius 2 is 2.05 bits per heavy atom. The van der Waals surface area contributed by atoms with Gasteiger partial charge in [0, 0.05) is 37.4 Å². The largest absolute Gasteiger partial charge is 0.381 e. The molecular formula is C16H19NO2. The van der Waals surface area contributed by atoms with E-state index in [2.05, 4.69) is 28.8 Å². The fourth-order valence-electron chi connectivity index (χ4n) is 2.92. The molecule has 19 heavy (non-hydrogen) atoms. The van der Waals surface area contributed by atoms with E-state index >= 15 is 0 Å². The molecule has 0 atom stereocenters. The maximum Gasteiger partial charge on any atom is 0.125 e. The first-order valence-corrected chi connectivity index (χ1v) is 6.97. The summed E-state index contributed by atoms with van der Waals surface area (Å²) in [6.45, 7) is 2.74. The predicted octanol–water partition coefficient (Wildman–Crippen LogP) is 2.81. The lowest BCUT2D eigenvalue weighted by Crippen LogP contribution is -2.21. The number of nitrogens with zero attached hydrogens (tertiary/aromatic N) is 1. The maximum absolute atomic E-state index is 10.9. The number of benzene rings is 1. The Morgan fingerprint density at radius 3 is 2.84 bits per heavy atom. The van der Waals surface area contributed by atoms with E-state index in [0.717, 1.165) is 44.6 Å². The molecule has 1 aromatic heterocycles. The van der Waals surface area contributed by atoms with Gasteiger partial charge in [-0.1, -0.05) is 18.2 Å². The van der Waals surface area contributed by atoms with Crippen molar-refractivity contribution in [3.63, 3.8) is 0 Å². The lowest BCUT2D eigenvalue weighted by molar-refractivity contribution is -0.107. The number of carbonyl (C=O) groups is 1. The van der Waals surface area contributed by atoms with E-state index in [1.807, 2.05) is 6.07 Å². The van der Waals surface area contributed by atoms with Crippen LogP contribution in [-0.4, -0.2) is 24.1 Å². The van der Waals surface area contributed by atoms with Gasteiger partial charge in [0.2, 0.25) is 0 Å². The average molecular weight is 257 g/mol. The van der Waals surface area contributed by atoms with E-state index in [4.69, 9.17) is 4.74 Å². The second kappa shape index (κ2) is 5.57. The van der Waals surface area contributed by atoms with E-state index < -0.39 is 0 Å². The highest BCUT2D eigenvalue weighted by Crippen LogP contribution is 2.24. The Bertz CT molecular complexity index is 567. The van der Waals surface area contributed by atoms with Crippen LogP contribution in [0.25, 0.3) is 10.9 Å². The number of hydrogen-bond donors (Lipinski definition) is 0. The van der Waals surface area contributed by atoms with E-state index in [1.54, 1.807) is 0 Å². The topological polar surface area (TPSA) is 31.2 Å². The zero-order valence-corrected chi connectivity index (χ0v) is 11.0. The standard InChI is InChI=1S/C16H19NO2/c18-8-5-15-11-14-3-1-2-4-16(14)17(15)12-13-6-9-19-10-7-13/h1-4,8,11,13H,5-7,9-10,12H2. The highest BCUT2D eigenvalue weighted by molar-refractivity contribution is 5.82. The number of hydrogen-bond acceptors (Lipinski definition) is 2. The number of carbonyl (C=O) groups excluding carboxylic acids is 1. The SMILES string of the molecule is O=CCc1cc2ccccc2n1CC1CCOCC1. The molecule has 1 saturated heterocycles. The molecule has 3 rings (SSSR count). The van der Waals surface area contributed by atoms with Gasteiger partial charge in [-0.05, 0) is 36.3 Å². The molecule has 1 aromatic carbocycles. The first-order chi connectivity index (χ1) is 9.38. The Morgan fingerprint density at radius 1 is 1.26 bits per heavy atom. The third kappa shape index (κ3) is 2.56. The summed E-state index contributed by atoms with van der Waals surface area (Å²) in [5.41, 5.74) is 2.37. The van der Waals surface area contributed by atoms with Gasteiger partial charge in [0.05, 0.1) is 0 Å². The fourth-order valence-corrected chi connectivity index (χ4v) is 2.92. The van der Waals surface area contributed by atoms with Crippen molar-refractivity contribution in [3.05, 3.63) is 36.0 Å². The van der Waals surface area contributed by atoms with Gasteiger partial charge in [0.1, 0.15) is 6.29 Å². The molecule has 0 unspecified atom stereocenters. The zero-order chi connectivity index (χ0) is 13.1. The van der Waals surface area contributed by atoms with Gasteiger partial charge in [-0.3, -0.25) is 0 Å². The summed E-state index contributed by atoms with van der Waals surface area (Å²) in [6.07, 6.45) is 3.73. The van der Waals surface area contributed by atoms with Crippen molar-refractivity contribution < 1.29 is 9.53 Å². The van der Waals surface area contributed by atoms with Gasteiger partial charge in [0.15, 0.2) is 0 Å². The Kier molecular flexibility index (Phi) is 3.65. The molecule has 1 fully saturated rings. The van der Waals surface area contributed by atoms with Gasteiger partial charge in [0.25, 0.3) is 0 Å². The summed E-state index contributed by atoms with van der Waals surface area (Å²) in [5, 5.41) is 1.23. The lowest BCUT2D eigenvalue weighted by atomic mass is 10.00. The van der Waals surface area contributed by atoms with E-state index in [1.165, 1.54) is 10.9 Å². The summed E-state index contributed by atoms with van der Waals surface area (Å²) in [6, 6.07) is 10.5. The van der Waals surface area contributed by atoms with Crippen molar-refractivity contribution in [1.29, 1.82) is 0 Å². The van der Waals surface area contributed by atoms with Gasteiger partial charge in [-0.2, -0.15) is 0 Å². The summed E-state index contributed by atoms with van der Waals surface area (Å²) in [5.74, 6) is 0.662. The first kappa shape index (κ1) is 12.4.